The minimum atomic E-state index is -4.23. The zero-order valence-electron chi connectivity index (χ0n) is 18.9. The van der Waals surface area contributed by atoms with Crippen molar-refractivity contribution in [2.45, 2.75) is 17.4 Å². The van der Waals surface area contributed by atoms with Crippen molar-refractivity contribution in [3.63, 3.8) is 0 Å². The Bertz CT molecular complexity index is 1400. The van der Waals surface area contributed by atoms with Crippen molar-refractivity contribution in [2.75, 3.05) is 18.7 Å². The number of rotatable bonds is 7. The third-order valence-electron chi connectivity index (χ3n) is 5.37. The van der Waals surface area contributed by atoms with Crippen molar-refractivity contribution in [2.24, 2.45) is 0 Å². The largest absolute Gasteiger partial charge is 0.454 e. The van der Waals surface area contributed by atoms with Gasteiger partial charge in [-0.3, -0.25) is 4.79 Å². The van der Waals surface area contributed by atoms with Gasteiger partial charge < -0.3 is 19.7 Å². The molecule has 188 valence electrons. The van der Waals surface area contributed by atoms with Gasteiger partial charge in [-0.1, -0.05) is 46.3 Å². The molecule has 36 heavy (non-hydrogen) atoms. The summed E-state index contributed by atoms with van der Waals surface area (Å²) in [5.74, 6) is 0.624. The molecule has 12 heteroatoms. The minimum absolute atomic E-state index is 0.0946. The van der Waals surface area contributed by atoms with E-state index in [-0.39, 0.29) is 22.6 Å². The zero-order valence-corrected chi connectivity index (χ0v) is 22.9. The fourth-order valence-corrected chi connectivity index (χ4v) is 5.97. The van der Waals surface area contributed by atoms with Crippen molar-refractivity contribution in [3.05, 3.63) is 81.2 Å². The van der Waals surface area contributed by atoms with Gasteiger partial charge in [0.2, 0.25) is 12.7 Å². The molecule has 0 radical (unpaired) electrons. The van der Waals surface area contributed by atoms with Gasteiger partial charge in [0.25, 0.3) is 10.0 Å². The van der Waals surface area contributed by atoms with E-state index in [9.17, 15) is 18.0 Å². The Morgan fingerprint density at radius 1 is 1.00 bits per heavy atom. The molecule has 9 nitrogen and oxygen atoms in total. The molecule has 0 bridgehead atoms. The fraction of sp³-hybridized carbons (Fsp3) is 0.167. The van der Waals surface area contributed by atoms with Crippen LogP contribution in [0.4, 0.5) is 10.5 Å². The number of carbonyl (C=O) groups excluding carboxylic acids is 2. The van der Waals surface area contributed by atoms with Crippen LogP contribution in [0.2, 0.25) is 0 Å². The van der Waals surface area contributed by atoms with Crippen LogP contribution in [0, 0.1) is 0 Å². The van der Waals surface area contributed by atoms with Crippen molar-refractivity contribution in [1.29, 1.82) is 0 Å². The molecular formula is C24H21Br2N3O6S. The summed E-state index contributed by atoms with van der Waals surface area (Å²) in [5.41, 5.74) is 1.31. The molecule has 0 unspecified atom stereocenters. The summed E-state index contributed by atoms with van der Waals surface area (Å²) >= 11 is 6.42. The Morgan fingerprint density at radius 2 is 1.72 bits per heavy atom. The molecule has 4 rings (SSSR count). The van der Waals surface area contributed by atoms with Gasteiger partial charge in [-0.05, 0) is 51.8 Å². The molecule has 3 amide bonds. The van der Waals surface area contributed by atoms with E-state index in [1.165, 1.54) is 11.0 Å². The Balaban J connectivity index is 1.55. The number of nitrogens with zero attached hydrogens (tertiary/aromatic N) is 1. The summed E-state index contributed by atoms with van der Waals surface area (Å²) < 4.78 is 39.2. The lowest BCUT2D eigenvalue weighted by atomic mass is 10.0. The van der Waals surface area contributed by atoms with E-state index in [4.69, 9.17) is 9.47 Å². The maximum atomic E-state index is 13.5. The highest BCUT2D eigenvalue weighted by Gasteiger charge is 2.29. The number of ether oxygens (including phenoxy) is 2. The number of amides is 3. The number of sulfonamides is 1. The Hall–Kier alpha value is -3.09. The standard InChI is InChI=1S/C24H21Br2N3O6S/c1-29(17-8-10-20-21(13-17)35-14-34-20)23(30)19(11-15-5-3-2-4-6-15)27-24(31)28-36(32,33)22-12-16(25)7-9-18(22)26/h2-10,12-13,19H,11,14H2,1H3,(H2,27,28,31)/t19-/m0/s1. The van der Waals surface area contributed by atoms with Crippen LogP contribution in [-0.4, -0.2) is 40.2 Å². The van der Waals surface area contributed by atoms with Crippen LogP contribution in [0.3, 0.4) is 0 Å². The molecule has 0 spiro atoms. The molecule has 2 N–H and O–H groups in total. The predicted molar refractivity (Wildman–Crippen MR) is 141 cm³/mol. The van der Waals surface area contributed by atoms with Gasteiger partial charge in [0.15, 0.2) is 11.5 Å². The first-order valence-corrected chi connectivity index (χ1v) is 13.7. The summed E-state index contributed by atoms with van der Waals surface area (Å²) in [6, 6.07) is 16.6. The summed E-state index contributed by atoms with van der Waals surface area (Å²) in [7, 11) is -2.67. The van der Waals surface area contributed by atoms with Crippen molar-refractivity contribution < 1.29 is 27.5 Å². The van der Waals surface area contributed by atoms with E-state index >= 15 is 0 Å². The number of nitrogens with one attached hydrogen (secondary N) is 2. The third-order valence-corrected chi connectivity index (χ3v) is 8.19. The smallest absolute Gasteiger partial charge is 0.329 e. The van der Waals surface area contributed by atoms with E-state index in [0.717, 1.165) is 5.56 Å². The van der Waals surface area contributed by atoms with Crippen LogP contribution < -0.4 is 24.4 Å². The quantitative estimate of drug-likeness (QED) is 0.401. The van der Waals surface area contributed by atoms with Crippen LogP contribution in [0.25, 0.3) is 0 Å². The predicted octanol–water partition coefficient (Wildman–Crippen LogP) is 4.20. The lowest BCUT2D eigenvalue weighted by molar-refractivity contribution is -0.120. The van der Waals surface area contributed by atoms with Gasteiger partial charge in [-0.25, -0.2) is 17.9 Å². The Labute approximate surface area is 225 Å². The second kappa shape index (κ2) is 10.9. The number of likely N-dealkylation sites (N-methyl/N-ethyl adjacent to an activating group) is 1. The normalized spacial score (nSPS) is 13.1. The average Bonchev–Trinajstić information content (AvgIpc) is 3.32. The van der Waals surface area contributed by atoms with Crippen molar-refractivity contribution >= 4 is 59.5 Å². The molecule has 1 aliphatic heterocycles. The lowest BCUT2D eigenvalue weighted by Crippen LogP contribution is -2.52. The van der Waals surface area contributed by atoms with E-state index in [2.05, 4.69) is 37.2 Å². The number of hydrogen-bond donors (Lipinski definition) is 2. The first-order chi connectivity index (χ1) is 17.1. The van der Waals surface area contributed by atoms with Gasteiger partial charge >= 0.3 is 6.03 Å². The molecule has 1 aliphatic rings. The lowest BCUT2D eigenvalue weighted by Gasteiger charge is -2.25. The fourth-order valence-electron chi connectivity index (χ4n) is 3.55. The highest BCUT2D eigenvalue weighted by molar-refractivity contribution is 9.11. The van der Waals surface area contributed by atoms with Gasteiger partial charge in [0, 0.05) is 34.2 Å². The highest BCUT2D eigenvalue weighted by atomic mass is 79.9. The van der Waals surface area contributed by atoms with E-state index in [0.29, 0.717) is 21.7 Å². The summed E-state index contributed by atoms with van der Waals surface area (Å²) in [6.07, 6.45) is 0.141. The molecule has 0 aliphatic carbocycles. The number of urea groups is 1. The topological polar surface area (TPSA) is 114 Å². The van der Waals surface area contributed by atoms with Crippen LogP contribution >= 0.6 is 31.9 Å². The Kier molecular flexibility index (Phi) is 7.86. The minimum Gasteiger partial charge on any atom is -0.454 e. The summed E-state index contributed by atoms with van der Waals surface area (Å²) in [4.78, 5) is 27.5. The number of anilines is 1. The monoisotopic (exact) mass is 637 g/mol. The van der Waals surface area contributed by atoms with E-state index in [1.807, 2.05) is 35.1 Å². The SMILES string of the molecule is CN(C(=O)[C@H](Cc1ccccc1)NC(=O)NS(=O)(=O)c1cc(Br)ccc1Br)c1ccc2c(c1)OCO2. The number of benzene rings is 3. The van der Waals surface area contributed by atoms with Gasteiger partial charge in [0.05, 0.1) is 0 Å². The van der Waals surface area contributed by atoms with Gasteiger partial charge in [-0.15, -0.1) is 0 Å². The molecule has 3 aromatic carbocycles. The Morgan fingerprint density at radius 3 is 2.47 bits per heavy atom. The van der Waals surface area contributed by atoms with E-state index < -0.39 is 28.0 Å². The third kappa shape index (κ3) is 6.00. The molecular weight excluding hydrogens is 618 g/mol. The second-order valence-corrected chi connectivity index (χ2v) is 11.3. The maximum absolute atomic E-state index is 13.5. The first-order valence-electron chi connectivity index (χ1n) is 10.6. The molecule has 0 aromatic heterocycles. The van der Waals surface area contributed by atoms with Crippen molar-refractivity contribution in [1.82, 2.24) is 10.0 Å². The summed E-state index contributed by atoms with van der Waals surface area (Å²) in [5, 5.41) is 2.52. The molecule has 1 atom stereocenters. The average molecular weight is 639 g/mol. The van der Waals surface area contributed by atoms with Gasteiger partial charge in [0.1, 0.15) is 10.9 Å². The summed E-state index contributed by atoms with van der Waals surface area (Å²) in [6.45, 7) is 0.0946. The molecule has 1 heterocycles. The number of carbonyl (C=O) groups is 2. The van der Waals surface area contributed by atoms with Crippen LogP contribution in [0.1, 0.15) is 5.56 Å². The van der Waals surface area contributed by atoms with Crippen molar-refractivity contribution in [3.8, 4) is 11.5 Å². The van der Waals surface area contributed by atoms with Crippen LogP contribution in [-0.2, 0) is 21.2 Å². The number of fused-ring (bicyclic) bond motifs is 1. The number of hydrogen-bond acceptors (Lipinski definition) is 6. The second-order valence-electron chi connectivity index (χ2n) is 7.83. The molecule has 0 saturated heterocycles. The maximum Gasteiger partial charge on any atom is 0.329 e. The highest BCUT2D eigenvalue weighted by Crippen LogP contribution is 2.35. The molecule has 3 aromatic rings. The first kappa shape index (κ1) is 26.0. The number of halogens is 2. The molecule has 0 saturated carbocycles. The van der Waals surface area contributed by atoms with E-state index in [1.54, 1.807) is 37.4 Å². The van der Waals surface area contributed by atoms with Crippen LogP contribution in [0.5, 0.6) is 11.5 Å². The van der Waals surface area contributed by atoms with Crippen LogP contribution in [0.15, 0.2) is 80.6 Å². The molecule has 0 fully saturated rings. The zero-order chi connectivity index (χ0) is 25.9. The van der Waals surface area contributed by atoms with Gasteiger partial charge in [-0.2, -0.15) is 0 Å².